The minimum Gasteiger partial charge on any atom is -0.396 e. The fourth-order valence-corrected chi connectivity index (χ4v) is 1.53. The average molecular weight is 208 g/mol. The van der Waals surface area contributed by atoms with E-state index in [9.17, 15) is 5.11 Å². The van der Waals surface area contributed by atoms with E-state index in [4.69, 9.17) is 4.74 Å². The minimum atomic E-state index is -0.0389. The van der Waals surface area contributed by atoms with Crippen molar-refractivity contribution < 1.29 is 9.84 Å². The number of hydrogen-bond donors (Lipinski definition) is 1. The molecule has 15 heavy (non-hydrogen) atoms. The van der Waals surface area contributed by atoms with Gasteiger partial charge >= 0.3 is 0 Å². The van der Waals surface area contributed by atoms with Gasteiger partial charge in [0.05, 0.1) is 6.61 Å². The molecule has 0 atom stereocenters. The molecule has 0 heterocycles. The second-order valence-electron chi connectivity index (χ2n) is 4.75. The van der Waals surface area contributed by atoms with Crippen molar-refractivity contribution in [2.45, 2.75) is 26.9 Å². The van der Waals surface area contributed by atoms with Gasteiger partial charge in [-0.1, -0.05) is 38.1 Å². The Morgan fingerprint density at radius 3 is 2.13 bits per heavy atom. The van der Waals surface area contributed by atoms with Gasteiger partial charge in [-0.05, 0) is 23.0 Å². The summed E-state index contributed by atoms with van der Waals surface area (Å²) >= 11 is 0. The van der Waals surface area contributed by atoms with Gasteiger partial charge in [-0.2, -0.15) is 0 Å². The number of hydrogen-bond acceptors (Lipinski definition) is 2. The van der Waals surface area contributed by atoms with Gasteiger partial charge < -0.3 is 9.84 Å². The van der Waals surface area contributed by atoms with Crippen LogP contribution in [0.1, 0.15) is 25.0 Å². The normalized spacial score (nSPS) is 11.7. The van der Waals surface area contributed by atoms with Crippen molar-refractivity contribution in [1.29, 1.82) is 0 Å². The van der Waals surface area contributed by atoms with Crippen LogP contribution in [-0.2, 0) is 17.8 Å². The average Bonchev–Trinajstić information content (AvgIpc) is 2.21. The Morgan fingerprint density at radius 2 is 1.67 bits per heavy atom. The van der Waals surface area contributed by atoms with E-state index in [2.05, 4.69) is 38.1 Å². The Kier molecular flexibility index (Phi) is 4.30. The second-order valence-corrected chi connectivity index (χ2v) is 4.75. The molecule has 0 spiro atoms. The number of aliphatic hydroxyl groups excluding tert-OH is 1. The lowest BCUT2D eigenvalue weighted by atomic mass is 9.86. The third-order valence-corrected chi connectivity index (χ3v) is 2.44. The Hall–Kier alpha value is -0.860. The van der Waals surface area contributed by atoms with E-state index in [1.165, 1.54) is 11.1 Å². The van der Waals surface area contributed by atoms with Gasteiger partial charge in [0.2, 0.25) is 0 Å². The van der Waals surface area contributed by atoms with E-state index in [1.54, 1.807) is 7.11 Å². The maximum absolute atomic E-state index is 9.17. The maximum Gasteiger partial charge on any atom is 0.0713 e. The minimum absolute atomic E-state index is 0.0389. The Labute approximate surface area is 91.9 Å². The van der Waals surface area contributed by atoms with E-state index in [-0.39, 0.29) is 12.0 Å². The molecular weight excluding hydrogens is 188 g/mol. The van der Waals surface area contributed by atoms with Crippen molar-refractivity contribution in [3.8, 4) is 0 Å². The lowest BCUT2D eigenvalue weighted by Gasteiger charge is -2.21. The number of ether oxygens (including phenoxy) is 1. The van der Waals surface area contributed by atoms with Gasteiger partial charge in [-0.3, -0.25) is 0 Å². The topological polar surface area (TPSA) is 29.5 Å². The molecule has 84 valence electrons. The van der Waals surface area contributed by atoms with Crippen LogP contribution >= 0.6 is 0 Å². The summed E-state index contributed by atoms with van der Waals surface area (Å²) < 4.78 is 5.05. The van der Waals surface area contributed by atoms with Crippen LogP contribution in [0.15, 0.2) is 24.3 Å². The van der Waals surface area contributed by atoms with Crippen molar-refractivity contribution in [1.82, 2.24) is 0 Å². The maximum atomic E-state index is 9.17. The smallest absolute Gasteiger partial charge is 0.0713 e. The molecular formula is C13H20O2. The van der Waals surface area contributed by atoms with Gasteiger partial charge in [-0.25, -0.2) is 0 Å². The van der Waals surface area contributed by atoms with Gasteiger partial charge in [0, 0.05) is 13.7 Å². The summed E-state index contributed by atoms with van der Waals surface area (Å²) in [6, 6.07) is 8.36. The first-order chi connectivity index (χ1) is 7.07. The van der Waals surface area contributed by atoms with Crippen LogP contribution in [0.5, 0.6) is 0 Å². The molecule has 0 aliphatic heterocycles. The molecule has 1 rings (SSSR count). The molecule has 1 N–H and O–H groups in total. The number of benzene rings is 1. The molecule has 0 saturated heterocycles. The fraction of sp³-hybridized carbons (Fsp3) is 0.538. The highest BCUT2D eigenvalue weighted by Crippen LogP contribution is 2.21. The zero-order chi connectivity index (χ0) is 11.3. The van der Waals surface area contributed by atoms with Crippen LogP contribution < -0.4 is 0 Å². The Bertz CT molecular complexity index is 288. The number of methoxy groups -OCH3 is 1. The van der Waals surface area contributed by atoms with Gasteiger partial charge in [-0.15, -0.1) is 0 Å². The molecule has 1 aromatic carbocycles. The molecule has 2 nitrogen and oxygen atoms in total. The van der Waals surface area contributed by atoms with E-state index in [1.807, 2.05) is 0 Å². The molecule has 0 amide bonds. The standard InChI is InChI=1S/C13H20O2/c1-13(2,10-14)8-11-4-6-12(7-5-11)9-15-3/h4-7,14H,8-10H2,1-3H3. The highest BCUT2D eigenvalue weighted by atomic mass is 16.5. The first-order valence-electron chi connectivity index (χ1n) is 5.25. The molecule has 0 radical (unpaired) electrons. The zero-order valence-electron chi connectivity index (χ0n) is 9.79. The van der Waals surface area contributed by atoms with Crippen molar-refractivity contribution in [3.63, 3.8) is 0 Å². The van der Waals surface area contributed by atoms with Crippen LogP contribution in [0.4, 0.5) is 0 Å². The van der Waals surface area contributed by atoms with Crippen LogP contribution in [0.25, 0.3) is 0 Å². The Balaban J connectivity index is 2.64. The quantitative estimate of drug-likeness (QED) is 0.805. The summed E-state index contributed by atoms with van der Waals surface area (Å²) in [5, 5.41) is 9.17. The molecule has 0 aromatic heterocycles. The van der Waals surface area contributed by atoms with E-state index < -0.39 is 0 Å². The van der Waals surface area contributed by atoms with E-state index in [0.717, 1.165) is 6.42 Å². The predicted octanol–water partition coefficient (Wildman–Crippen LogP) is 2.39. The number of aliphatic hydroxyl groups is 1. The third-order valence-electron chi connectivity index (χ3n) is 2.44. The van der Waals surface area contributed by atoms with Crippen molar-refractivity contribution in [2.24, 2.45) is 5.41 Å². The summed E-state index contributed by atoms with van der Waals surface area (Å²) in [7, 11) is 1.70. The molecule has 2 heteroatoms. The SMILES string of the molecule is COCc1ccc(CC(C)(C)CO)cc1. The van der Waals surface area contributed by atoms with Gasteiger partial charge in [0.15, 0.2) is 0 Å². The molecule has 0 bridgehead atoms. The van der Waals surface area contributed by atoms with Crippen molar-refractivity contribution >= 4 is 0 Å². The van der Waals surface area contributed by atoms with Crippen LogP contribution in [0.3, 0.4) is 0 Å². The van der Waals surface area contributed by atoms with Crippen molar-refractivity contribution in [3.05, 3.63) is 35.4 Å². The second kappa shape index (κ2) is 5.29. The van der Waals surface area contributed by atoms with Gasteiger partial charge in [0.25, 0.3) is 0 Å². The lowest BCUT2D eigenvalue weighted by molar-refractivity contribution is 0.159. The highest BCUT2D eigenvalue weighted by Gasteiger charge is 2.16. The molecule has 1 aromatic rings. The van der Waals surface area contributed by atoms with E-state index >= 15 is 0 Å². The van der Waals surface area contributed by atoms with Crippen LogP contribution in [0, 0.1) is 5.41 Å². The first-order valence-corrected chi connectivity index (χ1v) is 5.25. The molecule has 0 unspecified atom stereocenters. The molecule has 0 saturated carbocycles. The summed E-state index contributed by atoms with van der Waals surface area (Å²) in [5.74, 6) is 0. The first kappa shape index (κ1) is 12.2. The molecule has 0 aliphatic rings. The van der Waals surface area contributed by atoms with Crippen molar-refractivity contribution in [2.75, 3.05) is 13.7 Å². The summed E-state index contributed by atoms with van der Waals surface area (Å²) in [5.41, 5.74) is 2.40. The van der Waals surface area contributed by atoms with Gasteiger partial charge in [0.1, 0.15) is 0 Å². The monoisotopic (exact) mass is 208 g/mol. The highest BCUT2D eigenvalue weighted by molar-refractivity contribution is 5.22. The summed E-state index contributed by atoms with van der Waals surface area (Å²) in [6.07, 6.45) is 0.900. The number of rotatable bonds is 5. The zero-order valence-corrected chi connectivity index (χ0v) is 9.79. The van der Waals surface area contributed by atoms with Crippen LogP contribution in [0.2, 0.25) is 0 Å². The summed E-state index contributed by atoms with van der Waals surface area (Å²) in [6.45, 7) is 5.00. The summed E-state index contributed by atoms with van der Waals surface area (Å²) in [4.78, 5) is 0. The largest absolute Gasteiger partial charge is 0.396 e. The van der Waals surface area contributed by atoms with E-state index in [0.29, 0.717) is 6.61 Å². The Morgan fingerprint density at radius 1 is 1.13 bits per heavy atom. The molecule has 0 fully saturated rings. The molecule has 0 aliphatic carbocycles. The predicted molar refractivity (Wildman–Crippen MR) is 61.7 cm³/mol. The lowest BCUT2D eigenvalue weighted by Crippen LogP contribution is -2.19. The fourth-order valence-electron chi connectivity index (χ4n) is 1.53. The third kappa shape index (κ3) is 4.02. The van der Waals surface area contributed by atoms with Crippen LogP contribution in [-0.4, -0.2) is 18.8 Å².